The molecule has 0 aliphatic rings. The van der Waals surface area contributed by atoms with E-state index in [0.717, 1.165) is 12.8 Å². The monoisotopic (exact) mass is 182 g/mol. The molecule has 0 aromatic rings. The molecule has 0 spiro atoms. The van der Waals surface area contributed by atoms with E-state index in [1.807, 2.05) is 6.92 Å². The summed E-state index contributed by atoms with van der Waals surface area (Å²) < 4.78 is 0. The van der Waals surface area contributed by atoms with E-state index in [9.17, 15) is 0 Å². The minimum absolute atomic E-state index is 0.0594. The third-order valence-corrected chi connectivity index (χ3v) is 3.03. The van der Waals surface area contributed by atoms with Gasteiger partial charge in [0.2, 0.25) is 0 Å². The molecule has 0 saturated carbocycles. The summed E-state index contributed by atoms with van der Waals surface area (Å²) in [7, 11) is 4.14. The van der Waals surface area contributed by atoms with Crippen LogP contribution in [0.5, 0.6) is 0 Å². The Bertz CT molecular complexity index is 200. The summed E-state index contributed by atoms with van der Waals surface area (Å²) in [6.07, 6.45) is 1.82. The summed E-state index contributed by atoms with van der Waals surface area (Å²) in [4.78, 5) is 2.19. The van der Waals surface area contributed by atoms with E-state index in [2.05, 4.69) is 44.7 Å². The number of rotatable bonds is 4. The smallest absolute Gasteiger partial charge is 0.0333 e. The van der Waals surface area contributed by atoms with Crippen molar-refractivity contribution >= 4 is 0 Å². The van der Waals surface area contributed by atoms with Crippen LogP contribution in [0, 0.1) is 11.8 Å². The first kappa shape index (κ1) is 12.5. The van der Waals surface area contributed by atoms with Crippen molar-refractivity contribution in [2.24, 2.45) is 5.73 Å². The number of likely N-dealkylation sites (N-methyl/N-ethyl adjacent to an activating group) is 1. The highest BCUT2D eigenvalue weighted by molar-refractivity contribution is 5.03. The summed E-state index contributed by atoms with van der Waals surface area (Å²) >= 11 is 0. The van der Waals surface area contributed by atoms with Gasteiger partial charge in [-0.15, -0.1) is 11.8 Å². The molecule has 0 amide bonds. The average molecular weight is 182 g/mol. The van der Waals surface area contributed by atoms with Gasteiger partial charge in [0, 0.05) is 18.0 Å². The fraction of sp³-hybridized carbons (Fsp3) is 0.818. The van der Waals surface area contributed by atoms with Gasteiger partial charge in [-0.1, -0.05) is 6.92 Å². The van der Waals surface area contributed by atoms with Crippen LogP contribution in [-0.4, -0.2) is 30.6 Å². The van der Waals surface area contributed by atoms with Gasteiger partial charge in [-0.05, 0) is 34.4 Å². The van der Waals surface area contributed by atoms with Gasteiger partial charge in [-0.2, -0.15) is 0 Å². The van der Waals surface area contributed by atoms with Crippen molar-refractivity contribution < 1.29 is 0 Å². The molecule has 2 heteroatoms. The van der Waals surface area contributed by atoms with Crippen molar-refractivity contribution in [3.05, 3.63) is 0 Å². The summed E-state index contributed by atoms with van der Waals surface area (Å²) in [5.41, 5.74) is 6.16. The zero-order valence-corrected chi connectivity index (χ0v) is 9.52. The predicted molar refractivity (Wildman–Crippen MR) is 58.4 cm³/mol. The van der Waals surface area contributed by atoms with Gasteiger partial charge in [0.15, 0.2) is 0 Å². The first-order valence-corrected chi connectivity index (χ1v) is 4.81. The molecule has 2 unspecified atom stereocenters. The maximum Gasteiger partial charge on any atom is 0.0333 e. The molecule has 0 aromatic carbocycles. The molecular formula is C11H22N2. The van der Waals surface area contributed by atoms with E-state index in [1.165, 1.54) is 0 Å². The van der Waals surface area contributed by atoms with Crippen molar-refractivity contribution in [2.45, 2.75) is 45.2 Å². The molecule has 0 radical (unpaired) electrons. The minimum atomic E-state index is 0.0594. The lowest BCUT2D eigenvalue weighted by molar-refractivity contribution is 0.133. The molecule has 13 heavy (non-hydrogen) atoms. The quantitative estimate of drug-likeness (QED) is 0.667. The molecule has 0 fully saturated rings. The molecule has 0 aliphatic carbocycles. The number of nitrogens with two attached hydrogens (primary N) is 1. The maximum absolute atomic E-state index is 6.11. The van der Waals surface area contributed by atoms with Gasteiger partial charge in [0.05, 0.1) is 0 Å². The zero-order chi connectivity index (χ0) is 10.5. The molecule has 0 rings (SSSR count). The highest BCUT2D eigenvalue weighted by Gasteiger charge is 2.31. The highest BCUT2D eigenvalue weighted by Crippen LogP contribution is 2.21. The van der Waals surface area contributed by atoms with Crippen LogP contribution >= 0.6 is 0 Å². The third-order valence-electron chi connectivity index (χ3n) is 3.03. The van der Waals surface area contributed by atoms with Crippen LogP contribution in [0.15, 0.2) is 0 Å². The Morgan fingerprint density at radius 3 is 2.31 bits per heavy atom. The van der Waals surface area contributed by atoms with E-state index in [1.54, 1.807) is 0 Å². The minimum Gasteiger partial charge on any atom is -0.325 e. The summed E-state index contributed by atoms with van der Waals surface area (Å²) in [5, 5.41) is 0. The first-order chi connectivity index (χ1) is 5.99. The Hall–Kier alpha value is -0.520. The number of nitrogens with zero attached hydrogens (tertiary/aromatic N) is 1. The van der Waals surface area contributed by atoms with Crippen molar-refractivity contribution in [3.8, 4) is 11.8 Å². The van der Waals surface area contributed by atoms with Gasteiger partial charge in [-0.3, -0.25) is 0 Å². The number of hydrogen-bond acceptors (Lipinski definition) is 2. The molecule has 0 bridgehead atoms. The maximum atomic E-state index is 6.11. The van der Waals surface area contributed by atoms with Gasteiger partial charge in [-0.25, -0.2) is 0 Å². The molecule has 2 nitrogen and oxygen atoms in total. The van der Waals surface area contributed by atoms with E-state index in [0.29, 0.717) is 0 Å². The Morgan fingerprint density at radius 2 is 2.00 bits per heavy atom. The highest BCUT2D eigenvalue weighted by atomic mass is 15.2. The van der Waals surface area contributed by atoms with Gasteiger partial charge >= 0.3 is 0 Å². The molecule has 76 valence electrons. The van der Waals surface area contributed by atoms with E-state index in [4.69, 9.17) is 5.73 Å². The van der Waals surface area contributed by atoms with Crippen molar-refractivity contribution in [3.63, 3.8) is 0 Å². The SMILES string of the molecule is CC#CCC(N)C(C)(CC)N(C)C. The molecular weight excluding hydrogens is 160 g/mol. The van der Waals surface area contributed by atoms with E-state index >= 15 is 0 Å². The molecule has 0 aliphatic heterocycles. The van der Waals surface area contributed by atoms with Crippen LogP contribution in [0.1, 0.15) is 33.6 Å². The van der Waals surface area contributed by atoms with Crippen LogP contribution in [0.25, 0.3) is 0 Å². The Morgan fingerprint density at radius 1 is 1.46 bits per heavy atom. The summed E-state index contributed by atoms with van der Waals surface area (Å²) in [6.45, 7) is 6.21. The van der Waals surface area contributed by atoms with Crippen molar-refractivity contribution in [1.82, 2.24) is 4.90 Å². The lowest BCUT2D eigenvalue weighted by Gasteiger charge is -2.40. The summed E-state index contributed by atoms with van der Waals surface area (Å²) in [5.74, 6) is 5.93. The third kappa shape index (κ3) is 3.02. The van der Waals surface area contributed by atoms with Crippen LogP contribution in [0.2, 0.25) is 0 Å². The standard InChI is InChI=1S/C11H22N2/c1-6-8-9-10(12)11(3,7-2)13(4)5/h10H,7,9,12H2,1-5H3. The largest absolute Gasteiger partial charge is 0.325 e. The normalized spacial score (nSPS) is 17.5. The second-order valence-corrected chi connectivity index (χ2v) is 3.84. The van der Waals surface area contributed by atoms with Gasteiger partial charge in [0.25, 0.3) is 0 Å². The van der Waals surface area contributed by atoms with Crippen LogP contribution in [-0.2, 0) is 0 Å². The van der Waals surface area contributed by atoms with E-state index < -0.39 is 0 Å². The predicted octanol–water partition coefficient (Wildman–Crippen LogP) is 1.46. The molecule has 0 saturated heterocycles. The zero-order valence-electron chi connectivity index (χ0n) is 9.52. The lowest BCUT2D eigenvalue weighted by Crippen LogP contribution is -2.54. The second-order valence-electron chi connectivity index (χ2n) is 3.84. The van der Waals surface area contributed by atoms with Crippen molar-refractivity contribution in [1.29, 1.82) is 0 Å². The molecule has 0 heterocycles. The topological polar surface area (TPSA) is 29.3 Å². The second kappa shape index (κ2) is 5.26. The van der Waals surface area contributed by atoms with Crippen LogP contribution in [0.3, 0.4) is 0 Å². The Labute approximate surface area is 82.5 Å². The number of hydrogen-bond donors (Lipinski definition) is 1. The van der Waals surface area contributed by atoms with Crippen LogP contribution in [0.4, 0.5) is 0 Å². The Kier molecular flexibility index (Phi) is 5.05. The first-order valence-electron chi connectivity index (χ1n) is 4.81. The molecule has 2 atom stereocenters. The Balaban J connectivity index is 4.43. The fourth-order valence-electron chi connectivity index (χ4n) is 1.34. The van der Waals surface area contributed by atoms with Gasteiger partial charge in [0.1, 0.15) is 0 Å². The summed E-state index contributed by atoms with van der Waals surface area (Å²) in [6, 6.07) is 0.125. The molecule has 2 N–H and O–H groups in total. The van der Waals surface area contributed by atoms with Crippen molar-refractivity contribution in [2.75, 3.05) is 14.1 Å². The van der Waals surface area contributed by atoms with Gasteiger partial charge < -0.3 is 10.6 Å². The lowest BCUT2D eigenvalue weighted by atomic mass is 9.87. The average Bonchev–Trinajstić information content (AvgIpc) is 2.12. The fourth-order valence-corrected chi connectivity index (χ4v) is 1.34. The molecule has 0 aromatic heterocycles. The van der Waals surface area contributed by atoms with E-state index in [-0.39, 0.29) is 11.6 Å². The van der Waals surface area contributed by atoms with Crippen LogP contribution < -0.4 is 5.73 Å².